The summed E-state index contributed by atoms with van der Waals surface area (Å²) in [6, 6.07) is 16.8. The summed E-state index contributed by atoms with van der Waals surface area (Å²) in [6.07, 6.45) is 4.17. The van der Waals surface area contributed by atoms with Crippen LogP contribution in [0.1, 0.15) is 25.0 Å². The van der Waals surface area contributed by atoms with E-state index >= 15 is 0 Å². The third-order valence-electron chi connectivity index (χ3n) is 6.44. The van der Waals surface area contributed by atoms with Crippen molar-refractivity contribution in [3.05, 3.63) is 70.8 Å². The van der Waals surface area contributed by atoms with Crippen LogP contribution in [0.15, 0.2) is 59.7 Å². The molecule has 3 rings (SSSR count). The number of rotatable bonds is 6. The van der Waals surface area contributed by atoms with Crippen LogP contribution in [-0.2, 0) is 4.79 Å². The lowest BCUT2D eigenvalue weighted by Crippen LogP contribution is -3.00. The summed E-state index contributed by atoms with van der Waals surface area (Å²) in [5.74, 6) is 0.184. The molecule has 4 nitrogen and oxygen atoms in total. The summed E-state index contributed by atoms with van der Waals surface area (Å²) in [7, 11) is 8.15. The summed E-state index contributed by atoms with van der Waals surface area (Å²) in [6.45, 7) is 8.06. The minimum atomic E-state index is 0. The van der Waals surface area contributed by atoms with E-state index in [1.54, 1.807) is 0 Å². The number of nitrogens with zero attached hydrogens (tertiary/aromatic N) is 3. The van der Waals surface area contributed by atoms with Crippen molar-refractivity contribution in [2.45, 2.75) is 13.8 Å². The van der Waals surface area contributed by atoms with Gasteiger partial charge in [0.25, 0.3) is 0 Å². The van der Waals surface area contributed by atoms with Crippen LogP contribution < -0.4 is 33.8 Å². The first kappa shape index (κ1) is 26.1. The average Bonchev–Trinajstić information content (AvgIpc) is 2.77. The fourth-order valence-electron chi connectivity index (χ4n) is 4.16. The van der Waals surface area contributed by atoms with E-state index in [0.29, 0.717) is 0 Å². The number of carbonyl (C=O) groups is 1. The SMILES string of the molecule is CC[N+]1(CC)C/C(=C\c2ccc(N(C)C)cc2)C(=O)/C(=C/c2ccc(N(C)C)cc2)C1.[I-]. The molecule has 0 radical (unpaired) electrons. The number of Topliss-reactive ketones (excluding diaryl/α,β-unsaturated/α-hetero) is 1. The van der Waals surface area contributed by atoms with Crippen LogP contribution in [0.4, 0.5) is 11.4 Å². The van der Waals surface area contributed by atoms with Crippen LogP contribution in [0, 0.1) is 0 Å². The maximum absolute atomic E-state index is 13.4. The van der Waals surface area contributed by atoms with Gasteiger partial charge in [0.1, 0.15) is 13.1 Å². The highest BCUT2D eigenvalue weighted by Crippen LogP contribution is 2.28. The highest BCUT2D eigenvalue weighted by molar-refractivity contribution is 6.14. The fraction of sp³-hybridized carbons (Fsp3) is 0.370. The van der Waals surface area contributed by atoms with Crippen molar-refractivity contribution in [1.82, 2.24) is 0 Å². The normalized spacial score (nSPS) is 17.9. The third kappa shape index (κ3) is 6.01. The average molecular weight is 546 g/mol. The molecule has 0 unspecified atom stereocenters. The van der Waals surface area contributed by atoms with E-state index in [0.717, 1.165) is 64.3 Å². The van der Waals surface area contributed by atoms with Crippen molar-refractivity contribution in [3.63, 3.8) is 0 Å². The lowest BCUT2D eigenvalue weighted by Gasteiger charge is -2.41. The van der Waals surface area contributed by atoms with Crippen molar-refractivity contribution in [3.8, 4) is 0 Å². The first-order valence-corrected chi connectivity index (χ1v) is 11.1. The molecule has 0 atom stereocenters. The number of hydrogen-bond acceptors (Lipinski definition) is 3. The van der Waals surface area contributed by atoms with Crippen LogP contribution in [0.2, 0.25) is 0 Å². The number of carbonyl (C=O) groups excluding carboxylic acids is 1. The number of hydrogen-bond donors (Lipinski definition) is 0. The van der Waals surface area contributed by atoms with Gasteiger partial charge in [0.15, 0.2) is 5.78 Å². The number of likely N-dealkylation sites (N-methyl/N-ethyl adjacent to an activating group) is 1. The first-order chi connectivity index (χ1) is 14.8. The largest absolute Gasteiger partial charge is 1.00 e. The van der Waals surface area contributed by atoms with Gasteiger partial charge in [0, 0.05) is 39.6 Å². The number of ketones is 1. The molecule has 0 aromatic heterocycles. The van der Waals surface area contributed by atoms with Gasteiger partial charge in [-0.3, -0.25) is 4.79 Å². The molecule has 0 N–H and O–H groups in total. The van der Waals surface area contributed by atoms with Gasteiger partial charge in [-0.25, -0.2) is 0 Å². The lowest BCUT2D eigenvalue weighted by molar-refractivity contribution is -0.916. The number of halogens is 1. The van der Waals surface area contributed by atoms with Crippen molar-refractivity contribution < 1.29 is 33.3 Å². The van der Waals surface area contributed by atoms with E-state index in [1.807, 2.05) is 28.2 Å². The number of anilines is 2. The maximum Gasteiger partial charge on any atom is 0.196 e. The molecule has 32 heavy (non-hydrogen) atoms. The van der Waals surface area contributed by atoms with Crippen LogP contribution >= 0.6 is 0 Å². The smallest absolute Gasteiger partial charge is 0.196 e. The van der Waals surface area contributed by atoms with E-state index in [9.17, 15) is 4.79 Å². The molecule has 2 aromatic rings. The van der Waals surface area contributed by atoms with Crippen molar-refractivity contribution in [2.75, 3.05) is 64.2 Å². The Labute approximate surface area is 210 Å². The molecule has 1 aliphatic heterocycles. The van der Waals surface area contributed by atoms with Crippen LogP contribution in [0.5, 0.6) is 0 Å². The summed E-state index contributed by atoms with van der Waals surface area (Å²) in [4.78, 5) is 17.6. The zero-order chi connectivity index (χ0) is 22.6. The second kappa shape index (κ2) is 11.1. The van der Waals surface area contributed by atoms with Gasteiger partial charge in [0.05, 0.1) is 24.2 Å². The van der Waals surface area contributed by atoms with Gasteiger partial charge < -0.3 is 38.3 Å². The zero-order valence-electron chi connectivity index (χ0n) is 20.2. The molecular formula is C27H36IN3O. The Hall–Kier alpha value is -2.12. The van der Waals surface area contributed by atoms with Crippen LogP contribution in [0.25, 0.3) is 12.2 Å². The van der Waals surface area contributed by atoms with E-state index in [-0.39, 0.29) is 29.8 Å². The Bertz CT molecular complexity index is 893. The summed E-state index contributed by atoms with van der Waals surface area (Å²) in [5.41, 5.74) is 6.29. The Balaban J connectivity index is 0.00000363. The predicted molar refractivity (Wildman–Crippen MR) is 134 cm³/mol. The molecule has 1 heterocycles. The van der Waals surface area contributed by atoms with Gasteiger partial charge in [0.2, 0.25) is 0 Å². The van der Waals surface area contributed by atoms with Gasteiger partial charge in [-0.2, -0.15) is 0 Å². The summed E-state index contributed by atoms with van der Waals surface area (Å²) < 4.78 is 0.912. The third-order valence-corrected chi connectivity index (χ3v) is 6.44. The molecule has 2 aromatic carbocycles. The molecule has 5 heteroatoms. The minimum absolute atomic E-state index is 0. The Morgan fingerprint density at radius 2 is 1.06 bits per heavy atom. The highest BCUT2D eigenvalue weighted by atomic mass is 127. The monoisotopic (exact) mass is 545 g/mol. The highest BCUT2D eigenvalue weighted by Gasteiger charge is 2.36. The quantitative estimate of drug-likeness (QED) is 0.314. The molecule has 172 valence electrons. The van der Waals surface area contributed by atoms with Crippen molar-refractivity contribution in [1.29, 1.82) is 0 Å². The zero-order valence-corrected chi connectivity index (χ0v) is 22.4. The number of likely N-dealkylation sites (tertiary alicyclic amines) is 1. The van der Waals surface area contributed by atoms with E-state index in [2.05, 4.69) is 84.3 Å². The van der Waals surface area contributed by atoms with Crippen LogP contribution in [-0.4, -0.2) is 64.6 Å². The summed E-state index contributed by atoms with van der Waals surface area (Å²) in [5, 5.41) is 0. The Morgan fingerprint density at radius 3 is 1.34 bits per heavy atom. The number of quaternary nitrogens is 1. The minimum Gasteiger partial charge on any atom is -1.00 e. The molecule has 1 saturated heterocycles. The van der Waals surface area contributed by atoms with Crippen molar-refractivity contribution in [2.24, 2.45) is 0 Å². The molecule has 0 spiro atoms. The van der Waals surface area contributed by atoms with Gasteiger partial charge in [-0.15, -0.1) is 0 Å². The van der Waals surface area contributed by atoms with E-state index in [1.165, 1.54) is 0 Å². The molecule has 0 saturated carbocycles. The predicted octanol–water partition coefficient (Wildman–Crippen LogP) is 1.73. The van der Waals surface area contributed by atoms with E-state index < -0.39 is 0 Å². The Kier molecular flexibility index (Phi) is 9.10. The lowest BCUT2D eigenvalue weighted by atomic mass is 9.92. The van der Waals surface area contributed by atoms with Gasteiger partial charge in [-0.1, -0.05) is 24.3 Å². The van der Waals surface area contributed by atoms with E-state index in [4.69, 9.17) is 0 Å². The number of benzene rings is 2. The molecular weight excluding hydrogens is 509 g/mol. The fourth-order valence-corrected chi connectivity index (χ4v) is 4.16. The first-order valence-electron chi connectivity index (χ1n) is 11.1. The summed E-state index contributed by atoms with van der Waals surface area (Å²) >= 11 is 0. The maximum atomic E-state index is 13.4. The molecule has 0 bridgehead atoms. The molecule has 1 fully saturated rings. The van der Waals surface area contributed by atoms with Crippen molar-refractivity contribution >= 4 is 29.3 Å². The van der Waals surface area contributed by atoms with Gasteiger partial charge >= 0.3 is 0 Å². The topological polar surface area (TPSA) is 23.6 Å². The second-order valence-electron chi connectivity index (χ2n) is 8.93. The second-order valence-corrected chi connectivity index (χ2v) is 8.93. The molecule has 0 aliphatic carbocycles. The van der Waals surface area contributed by atoms with Crippen LogP contribution in [0.3, 0.4) is 0 Å². The van der Waals surface area contributed by atoms with Gasteiger partial charge in [-0.05, 0) is 61.4 Å². The Morgan fingerprint density at radius 1 is 0.719 bits per heavy atom. The molecule has 1 aliphatic rings. The molecule has 0 amide bonds. The standard InChI is InChI=1S/C27H36N3O.HI/c1-7-30(8-2)19-23(17-21-9-13-25(14-10-21)28(3)4)27(31)24(20-30)18-22-11-15-26(16-12-22)29(5)6;/h9-18H,7-8,19-20H2,1-6H3;1H/q+1;/p-1/b23-17+,24-18+;. The number of piperidine rings is 1.